The lowest BCUT2D eigenvalue weighted by Gasteiger charge is -2.08. The second-order valence-corrected chi connectivity index (χ2v) is 3.62. The highest BCUT2D eigenvalue weighted by Crippen LogP contribution is 2.19. The third-order valence-electron chi connectivity index (χ3n) is 2.05. The van der Waals surface area contributed by atoms with Crippen molar-refractivity contribution in [3.63, 3.8) is 0 Å². The van der Waals surface area contributed by atoms with Crippen LogP contribution in [0.2, 0.25) is 0 Å². The van der Waals surface area contributed by atoms with E-state index in [0.29, 0.717) is 13.0 Å². The molecule has 102 valence electrons. The molecule has 0 saturated carbocycles. The lowest BCUT2D eigenvalue weighted by atomic mass is 10.2. The maximum Gasteiger partial charge on any atom is 0.422 e. The molecule has 1 aromatic carbocycles. The molecule has 19 heavy (non-hydrogen) atoms. The molecule has 0 aliphatic heterocycles. The van der Waals surface area contributed by atoms with E-state index in [2.05, 4.69) is 14.8 Å². The minimum absolute atomic E-state index is 0.170. The molecule has 0 unspecified atom stereocenters. The summed E-state index contributed by atoms with van der Waals surface area (Å²) < 4.78 is 40.3. The maximum absolute atomic E-state index is 11.9. The Bertz CT molecular complexity index is 462. The molecular weight excluding hydrogens is 259 g/mol. The largest absolute Gasteiger partial charge is 0.484 e. The third kappa shape index (κ3) is 7.00. The number of rotatable bonds is 6. The molecule has 0 heterocycles. The molecule has 0 aliphatic carbocycles. The second-order valence-electron chi connectivity index (χ2n) is 3.62. The number of ether oxygens (including phenoxy) is 1. The van der Waals surface area contributed by atoms with Gasteiger partial charge in [0.1, 0.15) is 5.75 Å². The predicted molar refractivity (Wildman–Crippen MR) is 65.7 cm³/mol. The summed E-state index contributed by atoms with van der Waals surface area (Å²) in [5.41, 5.74) is 8.89. The van der Waals surface area contributed by atoms with E-state index in [-0.39, 0.29) is 5.75 Å². The highest BCUT2D eigenvalue weighted by atomic mass is 19.4. The number of hydrogen-bond donors (Lipinski definition) is 0. The summed E-state index contributed by atoms with van der Waals surface area (Å²) in [5.74, 6) is 0.170. The van der Waals surface area contributed by atoms with Crippen LogP contribution in [-0.2, 0) is 0 Å². The number of azide groups is 1. The first-order valence-corrected chi connectivity index (χ1v) is 5.48. The zero-order valence-electron chi connectivity index (χ0n) is 9.97. The molecule has 0 aliphatic rings. The van der Waals surface area contributed by atoms with Crippen molar-refractivity contribution >= 4 is 6.08 Å². The van der Waals surface area contributed by atoms with Crippen LogP contribution in [-0.4, -0.2) is 19.3 Å². The zero-order chi connectivity index (χ0) is 14.1. The van der Waals surface area contributed by atoms with Crippen LogP contribution in [0.4, 0.5) is 13.2 Å². The van der Waals surface area contributed by atoms with Crippen molar-refractivity contribution in [1.82, 2.24) is 0 Å². The molecule has 0 bridgehead atoms. The molecule has 0 aromatic heterocycles. The van der Waals surface area contributed by atoms with Gasteiger partial charge in [0.2, 0.25) is 0 Å². The van der Waals surface area contributed by atoms with Crippen LogP contribution in [0.5, 0.6) is 5.75 Å². The molecule has 7 heteroatoms. The van der Waals surface area contributed by atoms with Crippen molar-refractivity contribution in [2.45, 2.75) is 12.6 Å². The van der Waals surface area contributed by atoms with Crippen LogP contribution in [0.25, 0.3) is 16.5 Å². The van der Waals surface area contributed by atoms with Crippen molar-refractivity contribution in [2.75, 3.05) is 13.2 Å². The van der Waals surface area contributed by atoms with Crippen LogP contribution in [0.3, 0.4) is 0 Å². The van der Waals surface area contributed by atoms with Gasteiger partial charge < -0.3 is 4.74 Å². The Balaban J connectivity index is 2.45. The Kier molecular flexibility index (Phi) is 5.75. The Morgan fingerprint density at radius 2 is 1.95 bits per heavy atom. The minimum Gasteiger partial charge on any atom is -0.484 e. The first-order valence-electron chi connectivity index (χ1n) is 5.48. The fourth-order valence-corrected chi connectivity index (χ4v) is 1.24. The fourth-order valence-electron chi connectivity index (χ4n) is 1.24. The summed E-state index contributed by atoms with van der Waals surface area (Å²) in [6.07, 6.45) is -0.114. The maximum atomic E-state index is 11.9. The van der Waals surface area contributed by atoms with E-state index in [4.69, 9.17) is 5.53 Å². The smallest absolute Gasteiger partial charge is 0.422 e. The lowest BCUT2D eigenvalue weighted by Crippen LogP contribution is -2.19. The second kappa shape index (κ2) is 7.33. The molecular formula is C12H12F3N3O. The highest BCUT2D eigenvalue weighted by molar-refractivity contribution is 5.50. The number of alkyl halides is 3. The summed E-state index contributed by atoms with van der Waals surface area (Å²) in [5, 5.41) is 3.37. The zero-order valence-corrected chi connectivity index (χ0v) is 9.97. The van der Waals surface area contributed by atoms with E-state index in [1.807, 2.05) is 6.08 Å². The van der Waals surface area contributed by atoms with E-state index in [0.717, 1.165) is 5.56 Å². The molecule has 0 spiro atoms. The minimum atomic E-state index is -4.33. The van der Waals surface area contributed by atoms with E-state index >= 15 is 0 Å². The lowest BCUT2D eigenvalue weighted by molar-refractivity contribution is -0.153. The molecule has 4 nitrogen and oxygen atoms in total. The Hall–Kier alpha value is -2.14. The van der Waals surface area contributed by atoms with Gasteiger partial charge >= 0.3 is 6.18 Å². The molecule has 0 radical (unpaired) electrons. The monoisotopic (exact) mass is 271 g/mol. The van der Waals surface area contributed by atoms with Crippen molar-refractivity contribution in [3.05, 3.63) is 46.3 Å². The van der Waals surface area contributed by atoms with Gasteiger partial charge in [0.15, 0.2) is 6.61 Å². The number of benzene rings is 1. The van der Waals surface area contributed by atoms with Crippen LogP contribution >= 0.6 is 0 Å². The number of nitrogens with zero attached hydrogens (tertiary/aromatic N) is 3. The Morgan fingerprint density at radius 1 is 1.26 bits per heavy atom. The predicted octanol–water partition coefficient (Wildman–Crippen LogP) is 4.34. The summed E-state index contributed by atoms with van der Waals surface area (Å²) in [6.45, 7) is -0.922. The van der Waals surface area contributed by atoms with Gasteiger partial charge in [-0.05, 0) is 29.6 Å². The van der Waals surface area contributed by atoms with Crippen LogP contribution in [0, 0.1) is 0 Å². The van der Waals surface area contributed by atoms with Gasteiger partial charge in [-0.1, -0.05) is 29.4 Å². The van der Waals surface area contributed by atoms with E-state index in [1.54, 1.807) is 18.2 Å². The van der Waals surface area contributed by atoms with Gasteiger partial charge in [0.05, 0.1) is 0 Å². The van der Waals surface area contributed by atoms with Gasteiger partial charge in [-0.25, -0.2) is 0 Å². The molecule has 0 amide bonds. The average Bonchev–Trinajstić information content (AvgIpc) is 2.37. The molecule has 0 atom stereocenters. The van der Waals surface area contributed by atoms with Crippen LogP contribution in [0.1, 0.15) is 12.0 Å². The van der Waals surface area contributed by atoms with Crippen molar-refractivity contribution in [3.8, 4) is 5.75 Å². The van der Waals surface area contributed by atoms with Gasteiger partial charge in [0, 0.05) is 11.5 Å². The van der Waals surface area contributed by atoms with E-state index < -0.39 is 12.8 Å². The normalized spacial score (nSPS) is 11.3. The molecule has 1 aromatic rings. The summed E-state index contributed by atoms with van der Waals surface area (Å²) in [4.78, 5) is 2.61. The van der Waals surface area contributed by atoms with Gasteiger partial charge in [-0.3, -0.25) is 0 Å². The first-order chi connectivity index (χ1) is 9.01. The van der Waals surface area contributed by atoms with Crippen molar-refractivity contribution in [2.24, 2.45) is 5.11 Å². The summed E-state index contributed by atoms with van der Waals surface area (Å²) in [7, 11) is 0. The molecule has 0 fully saturated rings. The van der Waals surface area contributed by atoms with E-state index in [9.17, 15) is 13.2 Å². The number of hydrogen-bond acceptors (Lipinski definition) is 2. The SMILES string of the molecule is [N-]=[N+]=NCCC=Cc1ccc(OCC(F)(F)F)cc1. The quantitative estimate of drug-likeness (QED) is 0.328. The highest BCUT2D eigenvalue weighted by Gasteiger charge is 2.28. The van der Waals surface area contributed by atoms with Crippen LogP contribution < -0.4 is 4.74 Å². The Morgan fingerprint density at radius 3 is 2.53 bits per heavy atom. The third-order valence-corrected chi connectivity index (χ3v) is 2.05. The standard InChI is InChI=1S/C12H12F3N3O/c13-12(14,15)9-19-11-6-4-10(5-7-11)3-1-2-8-17-18-16/h1,3-7H,2,8-9H2. The molecule has 0 saturated heterocycles. The number of halogens is 3. The topological polar surface area (TPSA) is 58.0 Å². The summed E-state index contributed by atoms with van der Waals surface area (Å²) in [6, 6.07) is 6.24. The average molecular weight is 271 g/mol. The van der Waals surface area contributed by atoms with E-state index in [1.165, 1.54) is 12.1 Å². The Labute approximate surface area is 108 Å². The van der Waals surface area contributed by atoms with Crippen LogP contribution in [0.15, 0.2) is 35.5 Å². The van der Waals surface area contributed by atoms with Crippen molar-refractivity contribution in [1.29, 1.82) is 0 Å². The van der Waals surface area contributed by atoms with Gasteiger partial charge in [-0.2, -0.15) is 13.2 Å². The van der Waals surface area contributed by atoms with Gasteiger partial charge in [-0.15, -0.1) is 0 Å². The molecule has 1 rings (SSSR count). The molecule has 0 N–H and O–H groups in total. The fraction of sp³-hybridized carbons (Fsp3) is 0.333. The summed E-state index contributed by atoms with van der Waals surface area (Å²) >= 11 is 0. The van der Waals surface area contributed by atoms with Crippen molar-refractivity contribution < 1.29 is 17.9 Å². The first kappa shape index (κ1) is 14.9. The van der Waals surface area contributed by atoms with Gasteiger partial charge in [0.25, 0.3) is 0 Å².